The Bertz CT molecular complexity index is 725. The number of carbonyl (C=O) groups excluding carboxylic acids is 1. The summed E-state index contributed by atoms with van der Waals surface area (Å²) in [5.41, 5.74) is 3.58. The largest absolute Gasteiger partial charge is 0.491 e. The number of hydrogen-bond donors (Lipinski definition) is 1. The van der Waals surface area contributed by atoms with Crippen LogP contribution in [-0.4, -0.2) is 25.2 Å². The van der Waals surface area contributed by atoms with E-state index >= 15 is 0 Å². The fourth-order valence-corrected chi connectivity index (χ4v) is 2.57. The molecule has 0 saturated heterocycles. The van der Waals surface area contributed by atoms with Gasteiger partial charge in [-0.05, 0) is 81.5 Å². The Labute approximate surface area is 156 Å². The number of ether oxygens (including phenoxy) is 2. The van der Waals surface area contributed by atoms with Crippen LogP contribution in [0.2, 0.25) is 0 Å². The second-order valence-corrected chi connectivity index (χ2v) is 6.80. The van der Waals surface area contributed by atoms with Crippen molar-refractivity contribution in [3.63, 3.8) is 0 Å². The Hall–Kier alpha value is -2.49. The molecule has 140 valence electrons. The normalized spacial score (nSPS) is 10.7. The summed E-state index contributed by atoms with van der Waals surface area (Å²) in [6.07, 6.45) is 1.94. The molecule has 0 aliphatic heterocycles. The lowest BCUT2D eigenvalue weighted by Crippen LogP contribution is -2.29. The maximum Gasteiger partial charge on any atom is 0.257 e. The van der Waals surface area contributed by atoms with E-state index in [1.807, 2.05) is 51.1 Å². The number of hydrogen-bond acceptors (Lipinski definition) is 3. The summed E-state index contributed by atoms with van der Waals surface area (Å²) in [7, 11) is 0. The minimum atomic E-state index is -0.0971. The van der Waals surface area contributed by atoms with Crippen LogP contribution >= 0.6 is 0 Å². The lowest BCUT2D eigenvalue weighted by molar-refractivity contribution is -0.123. The van der Waals surface area contributed by atoms with Crippen molar-refractivity contribution in [2.24, 2.45) is 0 Å². The number of amides is 1. The molecule has 0 fully saturated rings. The second kappa shape index (κ2) is 9.85. The van der Waals surface area contributed by atoms with Gasteiger partial charge in [-0.15, -0.1) is 0 Å². The zero-order valence-electron chi connectivity index (χ0n) is 16.2. The van der Waals surface area contributed by atoms with Gasteiger partial charge in [0, 0.05) is 6.54 Å². The molecule has 0 atom stereocenters. The lowest BCUT2D eigenvalue weighted by Gasteiger charge is -2.11. The molecule has 0 aliphatic carbocycles. The van der Waals surface area contributed by atoms with Crippen molar-refractivity contribution in [1.29, 1.82) is 0 Å². The maximum atomic E-state index is 11.9. The maximum absolute atomic E-state index is 11.9. The summed E-state index contributed by atoms with van der Waals surface area (Å²) < 4.78 is 11.2. The fraction of sp³-hybridized carbons (Fsp3) is 0.409. The minimum Gasteiger partial charge on any atom is -0.491 e. The highest BCUT2D eigenvalue weighted by atomic mass is 16.5. The Morgan fingerprint density at radius 1 is 1.04 bits per heavy atom. The molecule has 4 heteroatoms. The molecule has 0 bridgehead atoms. The van der Waals surface area contributed by atoms with E-state index < -0.39 is 0 Å². The highest BCUT2D eigenvalue weighted by Crippen LogP contribution is 2.17. The third kappa shape index (κ3) is 6.79. The molecule has 1 amide bonds. The van der Waals surface area contributed by atoms with Crippen molar-refractivity contribution < 1.29 is 14.3 Å². The molecule has 2 aromatic carbocycles. The van der Waals surface area contributed by atoms with Crippen LogP contribution in [0.5, 0.6) is 11.5 Å². The highest BCUT2D eigenvalue weighted by molar-refractivity contribution is 5.77. The second-order valence-electron chi connectivity index (χ2n) is 6.80. The average molecular weight is 355 g/mol. The van der Waals surface area contributed by atoms with E-state index in [9.17, 15) is 4.79 Å². The highest BCUT2D eigenvalue weighted by Gasteiger charge is 2.04. The van der Waals surface area contributed by atoms with Gasteiger partial charge in [-0.3, -0.25) is 4.79 Å². The summed E-state index contributed by atoms with van der Waals surface area (Å²) in [6.45, 7) is 8.79. The Morgan fingerprint density at radius 3 is 2.58 bits per heavy atom. The van der Waals surface area contributed by atoms with Crippen LogP contribution in [0.3, 0.4) is 0 Å². The van der Waals surface area contributed by atoms with E-state index in [0.29, 0.717) is 6.54 Å². The van der Waals surface area contributed by atoms with Crippen molar-refractivity contribution in [2.45, 2.75) is 46.6 Å². The molecule has 0 radical (unpaired) electrons. The zero-order valence-corrected chi connectivity index (χ0v) is 16.2. The summed E-state index contributed by atoms with van der Waals surface area (Å²) in [5, 5.41) is 2.90. The van der Waals surface area contributed by atoms with E-state index in [4.69, 9.17) is 9.47 Å². The van der Waals surface area contributed by atoms with E-state index in [-0.39, 0.29) is 18.6 Å². The van der Waals surface area contributed by atoms with Crippen LogP contribution in [0, 0.1) is 13.8 Å². The number of benzene rings is 2. The number of rotatable bonds is 9. The lowest BCUT2D eigenvalue weighted by atomic mass is 10.1. The molecule has 4 nitrogen and oxygen atoms in total. The molecule has 1 N–H and O–H groups in total. The van der Waals surface area contributed by atoms with Gasteiger partial charge in [-0.2, -0.15) is 0 Å². The van der Waals surface area contributed by atoms with Crippen molar-refractivity contribution in [3.05, 3.63) is 59.2 Å². The van der Waals surface area contributed by atoms with E-state index in [1.165, 1.54) is 11.1 Å². The Balaban J connectivity index is 1.67. The first-order valence-electron chi connectivity index (χ1n) is 9.16. The van der Waals surface area contributed by atoms with Gasteiger partial charge in [-0.25, -0.2) is 0 Å². The van der Waals surface area contributed by atoms with Crippen molar-refractivity contribution in [3.8, 4) is 11.5 Å². The van der Waals surface area contributed by atoms with Crippen LogP contribution in [0.4, 0.5) is 0 Å². The third-order valence-electron chi connectivity index (χ3n) is 4.08. The predicted molar refractivity (Wildman–Crippen MR) is 105 cm³/mol. The average Bonchev–Trinajstić information content (AvgIpc) is 2.59. The van der Waals surface area contributed by atoms with E-state index in [2.05, 4.69) is 24.4 Å². The van der Waals surface area contributed by atoms with Crippen LogP contribution in [0.25, 0.3) is 0 Å². The van der Waals surface area contributed by atoms with E-state index in [0.717, 1.165) is 29.9 Å². The smallest absolute Gasteiger partial charge is 0.257 e. The van der Waals surface area contributed by atoms with Crippen molar-refractivity contribution in [1.82, 2.24) is 5.32 Å². The fourth-order valence-electron chi connectivity index (χ4n) is 2.57. The monoisotopic (exact) mass is 355 g/mol. The summed E-state index contributed by atoms with van der Waals surface area (Å²) in [5.74, 6) is 1.52. The van der Waals surface area contributed by atoms with Crippen LogP contribution < -0.4 is 14.8 Å². The zero-order chi connectivity index (χ0) is 18.9. The van der Waals surface area contributed by atoms with Gasteiger partial charge in [0.15, 0.2) is 6.61 Å². The summed E-state index contributed by atoms with van der Waals surface area (Å²) in [6, 6.07) is 14.0. The number of aryl methyl sites for hydroxylation is 3. The SMILES string of the molecule is Cc1ccc(OCC(=O)NCCCc2cccc(OC(C)C)c2)cc1C. The van der Waals surface area contributed by atoms with Gasteiger partial charge >= 0.3 is 0 Å². The quantitative estimate of drug-likeness (QED) is 0.685. The third-order valence-corrected chi connectivity index (χ3v) is 4.08. The first-order valence-corrected chi connectivity index (χ1v) is 9.16. The minimum absolute atomic E-state index is 0.0419. The van der Waals surface area contributed by atoms with Crippen molar-refractivity contribution in [2.75, 3.05) is 13.2 Å². The summed E-state index contributed by atoms with van der Waals surface area (Å²) >= 11 is 0. The Morgan fingerprint density at radius 2 is 1.85 bits per heavy atom. The van der Waals surface area contributed by atoms with Crippen LogP contribution in [0.1, 0.15) is 37.0 Å². The molecular formula is C22H29NO3. The van der Waals surface area contributed by atoms with Gasteiger partial charge in [0.2, 0.25) is 0 Å². The predicted octanol–water partition coefficient (Wildman–Crippen LogP) is 4.22. The first-order chi connectivity index (χ1) is 12.4. The van der Waals surface area contributed by atoms with Crippen LogP contribution in [-0.2, 0) is 11.2 Å². The molecule has 0 aromatic heterocycles. The molecule has 26 heavy (non-hydrogen) atoms. The summed E-state index contributed by atoms with van der Waals surface area (Å²) in [4.78, 5) is 11.9. The molecule has 0 spiro atoms. The van der Waals surface area contributed by atoms with E-state index in [1.54, 1.807) is 0 Å². The molecule has 2 rings (SSSR count). The van der Waals surface area contributed by atoms with Gasteiger partial charge in [-0.1, -0.05) is 18.2 Å². The first kappa shape index (κ1) is 19.8. The number of nitrogens with one attached hydrogen (secondary N) is 1. The van der Waals surface area contributed by atoms with Crippen molar-refractivity contribution >= 4 is 5.91 Å². The molecule has 0 unspecified atom stereocenters. The Kier molecular flexibility index (Phi) is 7.52. The van der Waals surface area contributed by atoms with Crippen LogP contribution in [0.15, 0.2) is 42.5 Å². The molecule has 2 aromatic rings. The number of carbonyl (C=O) groups is 1. The van der Waals surface area contributed by atoms with Gasteiger partial charge < -0.3 is 14.8 Å². The topological polar surface area (TPSA) is 47.6 Å². The van der Waals surface area contributed by atoms with Gasteiger partial charge in [0.1, 0.15) is 11.5 Å². The molecular weight excluding hydrogens is 326 g/mol. The molecule has 0 heterocycles. The molecule has 0 aliphatic rings. The standard InChI is InChI=1S/C22H29NO3/c1-16(2)26-21-9-5-7-19(14-21)8-6-12-23-22(24)15-25-20-11-10-17(3)18(4)13-20/h5,7,9-11,13-14,16H,6,8,12,15H2,1-4H3,(H,23,24). The van der Waals surface area contributed by atoms with Gasteiger partial charge in [0.05, 0.1) is 6.10 Å². The molecule has 0 saturated carbocycles. The van der Waals surface area contributed by atoms with Gasteiger partial charge in [0.25, 0.3) is 5.91 Å².